The summed E-state index contributed by atoms with van der Waals surface area (Å²) < 4.78 is 12.5. The van der Waals surface area contributed by atoms with Gasteiger partial charge in [0.05, 0.1) is 0 Å². The van der Waals surface area contributed by atoms with Gasteiger partial charge in [-0.2, -0.15) is 0 Å². The fourth-order valence-corrected chi connectivity index (χ4v) is 5.67. The summed E-state index contributed by atoms with van der Waals surface area (Å²) in [6, 6.07) is 8.74. The van der Waals surface area contributed by atoms with E-state index in [1.807, 2.05) is 0 Å². The van der Waals surface area contributed by atoms with Gasteiger partial charge in [-0.25, -0.2) is 0 Å². The van der Waals surface area contributed by atoms with Gasteiger partial charge in [-0.05, 0) is 74.5 Å². The second-order valence-corrected chi connectivity index (χ2v) is 9.21. The highest BCUT2D eigenvalue weighted by Gasteiger charge is 2.42. The summed E-state index contributed by atoms with van der Waals surface area (Å²) in [6.45, 7) is 5.07. The molecule has 28 heavy (non-hydrogen) atoms. The Labute approximate surface area is 173 Å². The van der Waals surface area contributed by atoms with E-state index in [2.05, 4.69) is 38.1 Å². The molecule has 2 heteroatoms. The lowest BCUT2D eigenvalue weighted by Crippen LogP contribution is -2.39. The van der Waals surface area contributed by atoms with Crippen LogP contribution in [0.1, 0.15) is 103 Å². The molecule has 0 heterocycles. The standard InChI is InChI=1S/C26H42O2/c1-3-5-12-22-15-17-24(18-16-22)28-25(27-4-2)21-26(19-10-7-11-20-26)23-13-8-6-9-14-23/h15-18,23,25H,3-14,19-21H2,1-2H3. The summed E-state index contributed by atoms with van der Waals surface area (Å²) in [5.74, 6) is 1.85. The Balaban J connectivity index is 1.67. The number of ether oxygens (including phenoxy) is 2. The number of rotatable bonds is 10. The zero-order valence-corrected chi connectivity index (χ0v) is 18.4. The first-order valence-corrected chi connectivity index (χ1v) is 12.1. The van der Waals surface area contributed by atoms with Crippen molar-refractivity contribution in [2.45, 2.75) is 110 Å². The maximum atomic E-state index is 6.41. The van der Waals surface area contributed by atoms with E-state index in [1.165, 1.54) is 82.6 Å². The van der Waals surface area contributed by atoms with Crippen molar-refractivity contribution in [1.82, 2.24) is 0 Å². The van der Waals surface area contributed by atoms with Crippen LogP contribution in [0, 0.1) is 11.3 Å². The molecule has 0 aliphatic heterocycles. The highest BCUT2D eigenvalue weighted by molar-refractivity contribution is 5.27. The second-order valence-electron chi connectivity index (χ2n) is 9.21. The fourth-order valence-electron chi connectivity index (χ4n) is 5.67. The van der Waals surface area contributed by atoms with Crippen LogP contribution in [0.2, 0.25) is 0 Å². The molecule has 158 valence electrons. The van der Waals surface area contributed by atoms with Crippen LogP contribution in [0.4, 0.5) is 0 Å². The van der Waals surface area contributed by atoms with Gasteiger partial charge in [0.2, 0.25) is 0 Å². The van der Waals surface area contributed by atoms with Gasteiger partial charge in [-0.15, -0.1) is 0 Å². The van der Waals surface area contributed by atoms with E-state index in [9.17, 15) is 0 Å². The number of hydrogen-bond acceptors (Lipinski definition) is 2. The number of benzene rings is 1. The van der Waals surface area contributed by atoms with Crippen LogP contribution in [0.25, 0.3) is 0 Å². The maximum absolute atomic E-state index is 6.41. The Morgan fingerprint density at radius 3 is 2.25 bits per heavy atom. The van der Waals surface area contributed by atoms with Crippen LogP contribution < -0.4 is 4.74 Å². The first kappa shape index (κ1) is 21.7. The molecule has 1 aromatic rings. The summed E-state index contributed by atoms with van der Waals surface area (Å²) in [5.41, 5.74) is 1.85. The predicted octanol–water partition coefficient (Wildman–Crippen LogP) is 7.69. The smallest absolute Gasteiger partial charge is 0.200 e. The molecular weight excluding hydrogens is 344 g/mol. The van der Waals surface area contributed by atoms with Gasteiger partial charge in [0.15, 0.2) is 6.29 Å². The van der Waals surface area contributed by atoms with E-state index < -0.39 is 0 Å². The van der Waals surface area contributed by atoms with Crippen LogP contribution >= 0.6 is 0 Å². The molecule has 1 unspecified atom stereocenters. The van der Waals surface area contributed by atoms with Gasteiger partial charge < -0.3 is 9.47 Å². The van der Waals surface area contributed by atoms with Gasteiger partial charge >= 0.3 is 0 Å². The lowest BCUT2D eigenvalue weighted by Gasteiger charge is -2.47. The quantitative estimate of drug-likeness (QED) is 0.384. The predicted molar refractivity (Wildman–Crippen MR) is 118 cm³/mol. The van der Waals surface area contributed by atoms with Gasteiger partial charge in [-0.3, -0.25) is 0 Å². The normalized spacial score (nSPS) is 21.4. The lowest BCUT2D eigenvalue weighted by molar-refractivity contribution is -0.119. The number of unbranched alkanes of at least 4 members (excludes halogenated alkanes) is 1. The van der Waals surface area contributed by atoms with E-state index in [0.717, 1.165) is 31.1 Å². The van der Waals surface area contributed by atoms with Crippen LogP contribution in [-0.2, 0) is 11.2 Å². The number of hydrogen-bond donors (Lipinski definition) is 0. The monoisotopic (exact) mass is 386 g/mol. The molecule has 2 aliphatic rings. The van der Waals surface area contributed by atoms with Crippen LogP contribution in [-0.4, -0.2) is 12.9 Å². The average molecular weight is 387 g/mol. The summed E-state index contributed by atoms with van der Waals surface area (Å²) in [6.07, 6.45) is 18.7. The van der Waals surface area contributed by atoms with E-state index in [-0.39, 0.29) is 6.29 Å². The molecule has 0 aromatic heterocycles. The van der Waals surface area contributed by atoms with Crippen molar-refractivity contribution < 1.29 is 9.47 Å². The molecule has 1 aromatic carbocycles. The Kier molecular flexibility index (Phi) is 8.70. The Hall–Kier alpha value is -1.02. The summed E-state index contributed by atoms with van der Waals surface area (Å²) in [5, 5.41) is 0. The van der Waals surface area contributed by atoms with Crippen LogP contribution in [0.15, 0.2) is 24.3 Å². The molecule has 0 amide bonds. The topological polar surface area (TPSA) is 18.5 Å². The summed E-state index contributed by atoms with van der Waals surface area (Å²) >= 11 is 0. The van der Waals surface area contributed by atoms with Gasteiger partial charge in [0.1, 0.15) is 5.75 Å². The Morgan fingerprint density at radius 2 is 1.61 bits per heavy atom. The molecule has 0 N–H and O–H groups in total. The highest BCUT2D eigenvalue weighted by Crippen LogP contribution is 2.51. The zero-order chi connectivity index (χ0) is 19.7. The van der Waals surface area contributed by atoms with Gasteiger partial charge in [0.25, 0.3) is 0 Å². The number of aryl methyl sites for hydroxylation is 1. The molecule has 2 nitrogen and oxygen atoms in total. The van der Waals surface area contributed by atoms with Crippen molar-refractivity contribution in [1.29, 1.82) is 0 Å². The average Bonchev–Trinajstić information content (AvgIpc) is 2.75. The largest absolute Gasteiger partial charge is 0.465 e. The summed E-state index contributed by atoms with van der Waals surface area (Å²) in [4.78, 5) is 0. The molecule has 3 rings (SSSR count). The van der Waals surface area contributed by atoms with E-state index in [0.29, 0.717) is 5.41 Å². The Bertz CT molecular complexity index is 538. The maximum Gasteiger partial charge on any atom is 0.200 e. The molecular formula is C26H42O2. The molecule has 1 atom stereocenters. The fraction of sp³-hybridized carbons (Fsp3) is 0.769. The first-order valence-electron chi connectivity index (χ1n) is 12.1. The third kappa shape index (κ3) is 5.99. The zero-order valence-electron chi connectivity index (χ0n) is 18.4. The first-order chi connectivity index (χ1) is 13.8. The minimum Gasteiger partial charge on any atom is -0.465 e. The van der Waals surface area contributed by atoms with Crippen LogP contribution in [0.3, 0.4) is 0 Å². The molecule has 0 spiro atoms. The lowest BCUT2D eigenvalue weighted by atomic mass is 9.60. The second kappa shape index (κ2) is 11.2. The van der Waals surface area contributed by atoms with Crippen molar-refractivity contribution in [2.75, 3.05) is 6.61 Å². The minimum atomic E-state index is -0.105. The van der Waals surface area contributed by atoms with Crippen molar-refractivity contribution in [2.24, 2.45) is 11.3 Å². The van der Waals surface area contributed by atoms with Crippen LogP contribution in [0.5, 0.6) is 5.75 Å². The molecule has 2 aliphatic carbocycles. The van der Waals surface area contributed by atoms with Gasteiger partial charge in [0, 0.05) is 13.0 Å². The van der Waals surface area contributed by atoms with Crippen molar-refractivity contribution >= 4 is 0 Å². The third-order valence-corrected chi connectivity index (χ3v) is 7.26. The molecule has 0 saturated heterocycles. The van der Waals surface area contributed by atoms with E-state index in [1.54, 1.807) is 0 Å². The van der Waals surface area contributed by atoms with E-state index >= 15 is 0 Å². The molecule has 0 bridgehead atoms. The molecule has 2 fully saturated rings. The van der Waals surface area contributed by atoms with E-state index in [4.69, 9.17) is 9.47 Å². The van der Waals surface area contributed by atoms with Crippen molar-refractivity contribution in [3.05, 3.63) is 29.8 Å². The molecule has 2 saturated carbocycles. The molecule has 0 radical (unpaired) electrons. The minimum absolute atomic E-state index is 0.105. The SMILES string of the molecule is CCCCc1ccc(OC(CC2(C3CCCCC3)CCCCC2)OCC)cc1. The van der Waals surface area contributed by atoms with Gasteiger partial charge in [-0.1, -0.05) is 64.0 Å². The van der Waals surface area contributed by atoms with Crippen molar-refractivity contribution in [3.63, 3.8) is 0 Å². The summed E-state index contributed by atoms with van der Waals surface area (Å²) in [7, 11) is 0. The van der Waals surface area contributed by atoms with Crippen molar-refractivity contribution in [3.8, 4) is 5.75 Å². The third-order valence-electron chi connectivity index (χ3n) is 7.26. The highest BCUT2D eigenvalue weighted by atomic mass is 16.7. The Morgan fingerprint density at radius 1 is 0.929 bits per heavy atom.